The summed E-state index contributed by atoms with van der Waals surface area (Å²) in [7, 11) is 0. The highest BCUT2D eigenvalue weighted by Crippen LogP contribution is 2.23. The summed E-state index contributed by atoms with van der Waals surface area (Å²) in [6.07, 6.45) is 0.585. The molecule has 2 rings (SSSR count). The molecule has 1 aromatic carbocycles. The largest absolute Gasteiger partial charge is 0.490 e. The second-order valence-corrected chi connectivity index (χ2v) is 3.86. The molecule has 0 amide bonds. The molecule has 1 fully saturated rings. The van der Waals surface area contributed by atoms with Crippen molar-refractivity contribution in [3.8, 4) is 5.75 Å². The van der Waals surface area contributed by atoms with Gasteiger partial charge in [0.05, 0.1) is 19.8 Å². The third-order valence-electron chi connectivity index (χ3n) is 2.55. The Morgan fingerprint density at radius 3 is 2.69 bits per heavy atom. The van der Waals surface area contributed by atoms with Crippen LogP contribution in [0.3, 0.4) is 0 Å². The van der Waals surface area contributed by atoms with Gasteiger partial charge in [0, 0.05) is 6.42 Å². The molecule has 88 valence electrons. The Hall–Kier alpha value is -1.13. The van der Waals surface area contributed by atoms with Gasteiger partial charge in [0.2, 0.25) is 0 Å². The van der Waals surface area contributed by atoms with Crippen molar-refractivity contribution in [3.63, 3.8) is 0 Å². The Balaban J connectivity index is 1.82. The summed E-state index contributed by atoms with van der Waals surface area (Å²) in [5, 5.41) is 0. The van der Waals surface area contributed by atoms with Crippen molar-refractivity contribution in [2.75, 3.05) is 19.8 Å². The van der Waals surface area contributed by atoms with Crippen molar-refractivity contribution < 1.29 is 18.6 Å². The van der Waals surface area contributed by atoms with Crippen molar-refractivity contribution in [1.29, 1.82) is 0 Å². The third-order valence-corrected chi connectivity index (χ3v) is 2.55. The molecule has 0 saturated carbocycles. The number of hydrogen-bond acceptors (Lipinski definition) is 3. The number of para-hydroxylation sites is 1. The zero-order valence-electron chi connectivity index (χ0n) is 9.24. The van der Waals surface area contributed by atoms with Crippen molar-refractivity contribution in [1.82, 2.24) is 0 Å². The first-order chi connectivity index (χ1) is 7.70. The molecule has 0 aromatic heterocycles. The molecule has 4 heteroatoms. The van der Waals surface area contributed by atoms with Crippen LogP contribution in [0, 0.1) is 5.82 Å². The highest BCUT2D eigenvalue weighted by molar-refractivity contribution is 5.23. The van der Waals surface area contributed by atoms with E-state index in [-0.39, 0.29) is 11.6 Å². The van der Waals surface area contributed by atoms with Crippen LogP contribution >= 0.6 is 0 Å². The molecule has 1 aliphatic heterocycles. The van der Waals surface area contributed by atoms with Crippen molar-refractivity contribution in [2.24, 2.45) is 0 Å². The van der Waals surface area contributed by atoms with E-state index in [0.29, 0.717) is 26.2 Å². The van der Waals surface area contributed by atoms with E-state index in [9.17, 15) is 4.39 Å². The van der Waals surface area contributed by atoms with E-state index < -0.39 is 5.79 Å². The normalized spacial score (nSPS) is 18.6. The van der Waals surface area contributed by atoms with Gasteiger partial charge >= 0.3 is 0 Å². The number of halogens is 1. The van der Waals surface area contributed by atoms with Gasteiger partial charge in [-0.25, -0.2) is 4.39 Å². The predicted molar refractivity (Wildman–Crippen MR) is 56.8 cm³/mol. The minimum Gasteiger partial charge on any atom is -0.490 e. The maximum absolute atomic E-state index is 13.2. The van der Waals surface area contributed by atoms with Gasteiger partial charge in [-0.15, -0.1) is 0 Å². The van der Waals surface area contributed by atoms with E-state index in [4.69, 9.17) is 14.2 Å². The van der Waals surface area contributed by atoms with Gasteiger partial charge in [0.15, 0.2) is 17.4 Å². The van der Waals surface area contributed by atoms with Crippen LogP contribution in [0.1, 0.15) is 13.3 Å². The van der Waals surface area contributed by atoms with Gasteiger partial charge in [-0.3, -0.25) is 0 Å². The van der Waals surface area contributed by atoms with Crippen LogP contribution in [0.2, 0.25) is 0 Å². The topological polar surface area (TPSA) is 27.7 Å². The van der Waals surface area contributed by atoms with E-state index in [1.807, 2.05) is 6.92 Å². The molecule has 0 N–H and O–H groups in total. The second kappa shape index (κ2) is 4.80. The van der Waals surface area contributed by atoms with Crippen LogP contribution < -0.4 is 4.74 Å². The molecule has 0 atom stereocenters. The van der Waals surface area contributed by atoms with Gasteiger partial charge in [-0.2, -0.15) is 0 Å². The van der Waals surface area contributed by atoms with Crippen molar-refractivity contribution in [2.45, 2.75) is 19.1 Å². The molecule has 1 aromatic rings. The van der Waals surface area contributed by atoms with Gasteiger partial charge in [0.25, 0.3) is 0 Å². The maximum atomic E-state index is 13.2. The summed E-state index contributed by atoms with van der Waals surface area (Å²) in [6, 6.07) is 6.35. The van der Waals surface area contributed by atoms with Crippen LogP contribution in [-0.4, -0.2) is 25.6 Å². The SMILES string of the molecule is CC1(CCOc2ccccc2F)OCCO1. The first-order valence-electron chi connectivity index (χ1n) is 5.35. The average Bonchev–Trinajstić information content (AvgIpc) is 2.68. The zero-order chi connectivity index (χ0) is 11.4. The van der Waals surface area contributed by atoms with Gasteiger partial charge in [-0.05, 0) is 19.1 Å². The van der Waals surface area contributed by atoms with Gasteiger partial charge in [-0.1, -0.05) is 12.1 Å². The number of benzene rings is 1. The Morgan fingerprint density at radius 1 is 1.31 bits per heavy atom. The summed E-state index contributed by atoms with van der Waals surface area (Å²) in [5.74, 6) is -0.657. The summed E-state index contributed by atoms with van der Waals surface area (Å²) in [6.45, 7) is 3.45. The molecule has 16 heavy (non-hydrogen) atoms. The number of ether oxygens (including phenoxy) is 3. The summed E-state index contributed by atoms with van der Waals surface area (Å²) in [4.78, 5) is 0. The molecule has 1 aliphatic rings. The van der Waals surface area contributed by atoms with E-state index >= 15 is 0 Å². The lowest BCUT2D eigenvalue weighted by atomic mass is 10.2. The lowest BCUT2D eigenvalue weighted by Gasteiger charge is -2.22. The van der Waals surface area contributed by atoms with Crippen molar-refractivity contribution >= 4 is 0 Å². The van der Waals surface area contributed by atoms with Gasteiger partial charge < -0.3 is 14.2 Å². The molecule has 1 heterocycles. The molecule has 3 nitrogen and oxygen atoms in total. The number of rotatable bonds is 4. The molecule has 0 bridgehead atoms. The quantitative estimate of drug-likeness (QED) is 0.788. The van der Waals surface area contributed by atoms with Crippen LogP contribution in [0.4, 0.5) is 4.39 Å². The fraction of sp³-hybridized carbons (Fsp3) is 0.500. The summed E-state index contributed by atoms with van der Waals surface area (Å²) < 4.78 is 29.4. The lowest BCUT2D eigenvalue weighted by Crippen LogP contribution is -2.28. The molecule has 0 unspecified atom stereocenters. The summed E-state index contributed by atoms with van der Waals surface area (Å²) >= 11 is 0. The molecular formula is C12H15FO3. The van der Waals surface area contributed by atoms with Crippen LogP contribution in [-0.2, 0) is 9.47 Å². The zero-order valence-corrected chi connectivity index (χ0v) is 9.24. The maximum Gasteiger partial charge on any atom is 0.168 e. The predicted octanol–water partition coefficient (Wildman–Crippen LogP) is 2.36. The smallest absolute Gasteiger partial charge is 0.168 e. The van der Waals surface area contributed by atoms with Crippen LogP contribution in [0.15, 0.2) is 24.3 Å². The minimum atomic E-state index is -0.578. The minimum absolute atomic E-state index is 0.268. The molecular weight excluding hydrogens is 211 g/mol. The van der Waals surface area contributed by atoms with Crippen molar-refractivity contribution in [3.05, 3.63) is 30.1 Å². The summed E-state index contributed by atoms with van der Waals surface area (Å²) in [5.41, 5.74) is 0. The van der Waals surface area contributed by atoms with Gasteiger partial charge in [0.1, 0.15) is 0 Å². The van der Waals surface area contributed by atoms with Crippen LogP contribution in [0.5, 0.6) is 5.75 Å². The standard InChI is InChI=1S/C12H15FO3/c1-12(15-8-9-16-12)6-7-14-11-5-3-2-4-10(11)13/h2-5H,6-9H2,1H3. The fourth-order valence-corrected chi connectivity index (χ4v) is 1.61. The third kappa shape index (κ3) is 2.71. The molecule has 0 aliphatic carbocycles. The van der Waals surface area contributed by atoms with E-state index in [2.05, 4.69) is 0 Å². The lowest BCUT2D eigenvalue weighted by molar-refractivity contribution is -0.150. The molecule has 1 saturated heterocycles. The van der Waals surface area contributed by atoms with E-state index in [1.54, 1.807) is 18.2 Å². The molecule has 0 radical (unpaired) electrons. The highest BCUT2D eigenvalue weighted by Gasteiger charge is 2.30. The highest BCUT2D eigenvalue weighted by atomic mass is 19.1. The monoisotopic (exact) mass is 226 g/mol. The Labute approximate surface area is 94.1 Å². The molecule has 0 spiro atoms. The van der Waals surface area contributed by atoms with E-state index in [1.165, 1.54) is 6.07 Å². The Morgan fingerprint density at radius 2 is 2.00 bits per heavy atom. The van der Waals surface area contributed by atoms with Crippen LogP contribution in [0.25, 0.3) is 0 Å². The Kier molecular flexibility index (Phi) is 3.41. The first kappa shape index (κ1) is 11.4. The Bertz CT molecular complexity index is 348. The second-order valence-electron chi connectivity index (χ2n) is 3.86. The number of hydrogen-bond donors (Lipinski definition) is 0. The first-order valence-corrected chi connectivity index (χ1v) is 5.35. The fourth-order valence-electron chi connectivity index (χ4n) is 1.61. The van der Waals surface area contributed by atoms with E-state index in [0.717, 1.165) is 0 Å². The average molecular weight is 226 g/mol.